The summed E-state index contributed by atoms with van der Waals surface area (Å²) in [6.07, 6.45) is 3.69. The van der Waals surface area contributed by atoms with Crippen LogP contribution in [0.2, 0.25) is 10.0 Å². The number of halogens is 2. The van der Waals surface area contributed by atoms with Crippen LogP contribution in [0.3, 0.4) is 0 Å². The van der Waals surface area contributed by atoms with Gasteiger partial charge in [-0.05, 0) is 38.5 Å². The zero-order valence-electron chi connectivity index (χ0n) is 29.0. The average molecular weight is 735 g/mol. The number of hydrogen-bond donors (Lipinski definition) is 4. The Labute approximate surface area is 306 Å². The summed E-state index contributed by atoms with van der Waals surface area (Å²) in [5.41, 5.74) is 4.71. The Morgan fingerprint density at radius 2 is 1.90 bits per heavy atom. The summed E-state index contributed by atoms with van der Waals surface area (Å²) in [6, 6.07) is 13.0. The van der Waals surface area contributed by atoms with Crippen LogP contribution in [-0.2, 0) is 36.1 Å². The maximum Gasteiger partial charge on any atom is 0.310 e. The Morgan fingerprint density at radius 1 is 1.12 bits per heavy atom. The third kappa shape index (κ3) is 7.74. The molecule has 2 amide bonds. The average Bonchev–Trinajstić information content (AvgIpc) is 3.67. The number of imidazole rings is 1. The van der Waals surface area contributed by atoms with Crippen molar-refractivity contribution in [1.82, 2.24) is 30.1 Å². The van der Waals surface area contributed by atoms with Gasteiger partial charge in [-0.25, -0.2) is 4.98 Å². The predicted octanol–water partition coefficient (Wildman–Crippen LogP) is 5.55. The van der Waals surface area contributed by atoms with Crippen molar-refractivity contribution in [3.05, 3.63) is 81.5 Å². The number of amides is 2. The molecule has 0 spiro atoms. The van der Waals surface area contributed by atoms with Gasteiger partial charge in [-0.3, -0.25) is 24.3 Å². The van der Waals surface area contributed by atoms with Gasteiger partial charge in [0.05, 0.1) is 39.6 Å². The molecule has 0 bridgehead atoms. The molecule has 1 atom stereocenters. The zero-order valence-corrected chi connectivity index (χ0v) is 30.5. The van der Waals surface area contributed by atoms with Crippen molar-refractivity contribution < 1.29 is 24.2 Å². The van der Waals surface area contributed by atoms with Gasteiger partial charge in [-0.2, -0.15) is 0 Å². The molecule has 12 nitrogen and oxygen atoms in total. The molecule has 0 radical (unpaired) electrons. The van der Waals surface area contributed by atoms with E-state index in [2.05, 4.69) is 30.8 Å². The molecular formula is C37H41Cl2N7O5. The lowest BCUT2D eigenvalue weighted by atomic mass is 9.92. The molecule has 1 unspecified atom stereocenters. The molecule has 2 aliphatic rings. The van der Waals surface area contributed by atoms with Gasteiger partial charge in [0.2, 0.25) is 5.91 Å². The summed E-state index contributed by atoms with van der Waals surface area (Å²) in [6.45, 7) is 6.15. The van der Waals surface area contributed by atoms with Gasteiger partial charge in [-0.1, -0.05) is 47.5 Å². The highest BCUT2D eigenvalue weighted by atomic mass is 35.5. The number of carboxylic acid groups (broad SMARTS) is 1. The van der Waals surface area contributed by atoms with Crippen molar-refractivity contribution >= 4 is 46.7 Å². The number of rotatable bonds is 12. The number of nitrogens with one attached hydrogen (secondary N) is 3. The first kappa shape index (κ1) is 36.3. The van der Waals surface area contributed by atoms with Crippen LogP contribution in [0.15, 0.2) is 48.7 Å². The fourth-order valence-corrected chi connectivity index (χ4v) is 7.26. The van der Waals surface area contributed by atoms with Crippen LogP contribution in [0, 0.1) is 5.41 Å². The smallest absolute Gasteiger partial charge is 0.310 e. The van der Waals surface area contributed by atoms with Gasteiger partial charge < -0.3 is 30.4 Å². The maximum absolute atomic E-state index is 13.6. The number of pyridine rings is 1. The van der Waals surface area contributed by atoms with Gasteiger partial charge in [0.15, 0.2) is 5.82 Å². The van der Waals surface area contributed by atoms with E-state index >= 15 is 0 Å². The van der Waals surface area contributed by atoms with Crippen molar-refractivity contribution in [2.75, 3.05) is 32.1 Å². The van der Waals surface area contributed by atoms with Crippen LogP contribution in [-0.4, -0.2) is 75.1 Å². The number of ether oxygens (including phenoxy) is 1. The molecule has 0 aliphatic carbocycles. The van der Waals surface area contributed by atoms with E-state index in [9.17, 15) is 19.5 Å². The molecule has 1 fully saturated rings. The number of nitrogens with zero attached hydrogens (tertiary/aromatic N) is 4. The highest BCUT2D eigenvalue weighted by Gasteiger charge is 2.33. The molecule has 14 heteroatoms. The van der Waals surface area contributed by atoms with E-state index in [1.165, 1.54) is 0 Å². The molecule has 2 aromatic carbocycles. The van der Waals surface area contributed by atoms with Crippen molar-refractivity contribution in [3.63, 3.8) is 0 Å². The first-order valence-corrected chi connectivity index (χ1v) is 17.5. The molecular weight excluding hydrogens is 693 g/mol. The summed E-state index contributed by atoms with van der Waals surface area (Å²) in [5.74, 6) is -0.272. The Morgan fingerprint density at radius 3 is 2.63 bits per heavy atom. The lowest BCUT2D eigenvalue weighted by Crippen LogP contribution is -2.41. The monoisotopic (exact) mass is 733 g/mol. The summed E-state index contributed by atoms with van der Waals surface area (Å²) < 4.78 is 7.50. The SMILES string of the molecule is COc1cc(-c2nccc(-c3cccc(NC(=O)c4nc5c(n4C)CCN(CC(C)(C)C(=O)O)C5)c3Cl)c2Cl)ccc1CNCC1CCC(=O)N1. The van der Waals surface area contributed by atoms with Gasteiger partial charge in [-0.15, -0.1) is 0 Å². The lowest BCUT2D eigenvalue weighted by molar-refractivity contribution is -0.148. The van der Waals surface area contributed by atoms with E-state index in [-0.39, 0.29) is 17.8 Å². The number of anilines is 1. The topological polar surface area (TPSA) is 151 Å². The minimum Gasteiger partial charge on any atom is -0.496 e. The van der Waals surface area contributed by atoms with Crippen LogP contribution >= 0.6 is 23.2 Å². The molecule has 51 heavy (non-hydrogen) atoms. The molecule has 6 rings (SSSR count). The third-order valence-electron chi connectivity index (χ3n) is 9.51. The minimum atomic E-state index is -0.904. The number of fused-ring (bicyclic) bond motifs is 1. The quantitative estimate of drug-likeness (QED) is 0.147. The number of aliphatic carboxylic acids is 1. The predicted molar refractivity (Wildman–Crippen MR) is 196 cm³/mol. The number of methoxy groups -OCH3 is 1. The van der Waals surface area contributed by atoms with Crippen LogP contribution in [0.4, 0.5) is 5.69 Å². The Bertz CT molecular complexity index is 2000. The highest BCUT2D eigenvalue weighted by Crippen LogP contribution is 2.41. The summed E-state index contributed by atoms with van der Waals surface area (Å²) in [7, 11) is 3.42. The van der Waals surface area contributed by atoms with E-state index < -0.39 is 17.3 Å². The first-order chi connectivity index (χ1) is 24.4. The molecule has 4 aromatic rings. The molecule has 4 N–H and O–H groups in total. The maximum atomic E-state index is 13.6. The lowest BCUT2D eigenvalue weighted by Gasteiger charge is -2.32. The summed E-state index contributed by atoms with van der Waals surface area (Å²) in [5, 5.41) is 19.6. The van der Waals surface area contributed by atoms with E-state index in [4.69, 9.17) is 27.9 Å². The van der Waals surface area contributed by atoms with E-state index in [0.29, 0.717) is 83.9 Å². The van der Waals surface area contributed by atoms with E-state index in [0.717, 1.165) is 28.9 Å². The largest absolute Gasteiger partial charge is 0.496 e. The number of carbonyl (C=O) groups excluding carboxylic acids is 2. The van der Waals surface area contributed by atoms with Crippen LogP contribution in [0.5, 0.6) is 5.75 Å². The number of hydrogen-bond acceptors (Lipinski definition) is 8. The van der Waals surface area contributed by atoms with E-state index in [1.807, 2.05) is 31.3 Å². The van der Waals surface area contributed by atoms with Gasteiger partial charge >= 0.3 is 5.97 Å². The van der Waals surface area contributed by atoms with Crippen molar-refractivity contribution in [1.29, 1.82) is 0 Å². The van der Waals surface area contributed by atoms with Gasteiger partial charge in [0.25, 0.3) is 5.91 Å². The second-order valence-electron chi connectivity index (χ2n) is 13.6. The second kappa shape index (κ2) is 15.0. The van der Waals surface area contributed by atoms with Crippen molar-refractivity contribution in [2.45, 2.75) is 52.2 Å². The molecule has 1 saturated heterocycles. The fourth-order valence-electron chi connectivity index (χ4n) is 6.66. The molecule has 2 aromatic heterocycles. The first-order valence-electron chi connectivity index (χ1n) is 16.8. The second-order valence-corrected chi connectivity index (χ2v) is 14.4. The molecule has 268 valence electrons. The molecule has 2 aliphatic heterocycles. The fraction of sp³-hybridized carbons (Fsp3) is 0.378. The van der Waals surface area contributed by atoms with Crippen LogP contribution < -0.4 is 20.7 Å². The highest BCUT2D eigenvalue weighted by molar-refractivity contribution is 6.39. The zero-order chi connectivity index (χ0) is 36.4. The van der Waals surface area contributed by atoms with Crippen molar-refractivity contribution in [2.24, 2.45) is 12.5 Å². The normalized spacial score (nSPS) is 16.1. The third-order valence-corrected chi connectivity index (χ3v) is 10.3. The van der Waals surface area contributed by atoms with Gasteiger partial charge in [0.1, 0.15) is 5.75 Å². The van der Waals surface area contributed by atoms with Gasteiger partial charge in [0, 0.05) is 92.8 Å². The molecule has 4 heterocycles. The summed E-state index contributed by atoms with van der Waals surface area (Å²) in [4.78, 5) is 48.1. The van der Waals surface area contributed by atoms with Crippen molar-refractivity contribution in [3.8, 4) is 28.1 Å². The van der Waals surface area contributed by atoms with E-state index in [1.54, 1.807) is 49.9 Å². The summed E-state index contributed by atoms with van der Waals surface area (Å²) >= 11 is 13.9. The Kier molecular flexibility index (Phi) is 10.7. The Balaban J connectivity index is 1.19. The standard InChI is InChI=1S/C37H41Cl2N7O5/c1-37(2,36(49)50)20-46-15-13-28-27(19-46)43-34(45(28)3)35(48)44-26-7-5-6-24(31(26)38)25-12-14-41-33(32(25)39)21-8-9-22(29(16-21)51-4)17-40-18-23-10-11-30(47)42-23/h5-9,12,14,16,23,40H,10-11,13,15,17-20H2,1-4H3,(H,42,47)(H,44,48)(H,49,50). The molecule has 0 saturated carbocycles. The number of carboxylic acids is 1. The van der Waals surface area contributed by atoms with Crippen LogP contribution in [0.1, 0.15) is 54.3 Å². The Hall–Kier alpha value is -4.49. The van der Waals surface area contributed by atoms with Crippen LogP contribution in [0.25, 0.3) is 22.4 Å². The number of carbonyl (C=O) groups is 3. The number of benzene rings is 2. The minimum absolute atomic E-state index is 0.0882. The number of aromatic nitrogens is 3.